The zero-order valence-corrected chi connectivity index (χ0v) is 17.6. The number of aryl methyl sites for hydroxylation is 2. The largest absolute Gasteiger partial charge is 0.258 e. The number of carbonyl (C=O) groups excluding carboxylic acids is 1. The van der Waals surface area contributed by atoms with Crippen molar-refractivity contribution in [3.05, 3.63) is 78.2 Å². The Morgan fingerprint density at radius 3 is 2.16 bits per heavy atom. The van der Waals surface area contributed by atoms with Gasteiger partial charge in [-0.1, -0.05) is 6.07 Å². The second kappa shape index (κ2) is 10.0. The van der Waals surface area contributed by atoms with E-state index in [0.717, 1.165) is 25.9 Å². The van der Waals surface area contributed by atoms with Crippen LogP contribution in [0, 0.1) is 13.8 Å². The van der Waals surface area contributed by atoms with Crippen molar-refractivity contribution in [1.82, 2.24) is 9.97 Å². The van der Waals surface area contributed by atoms with Crippen LogP contribution < -0.4 is 3.22 Å². The molecule has 128 valence electrons. The van der Waals surface area contributed by atoms with Gasteiger partial charge in [0.1, 0.15) is 0 Å². The summed E-state index contributed by atoms with van der Waals surface area (Å²) in [6.07, 6.45) is 1.77. The van der Waals surface area contributed by atoms with Gasteiger partial charge in [-0.25, -0.2) is 0 Å². The minimum absolute atomic E-state index is 0.203. The van der Waals surface area contributed by atoms with Crippen LogP contribution in [0.25, 0.3) is 11.3 Å². The molecule has 0 amide bonds. The van der Waals surface area contributed by atoms with Crippen molar-refractivity contribution < 1.29 is 7.57 Å². The average molecular weight is 529 g/mol. The molecule has 0 radical (unpaired) electrons. The Labute approximate surface area is 160 Å². The summed E-state index contributed by atoms with van der Waals surface area (Å²) in [5.74, 6) is -0.203. The molecule has 0 spiro atoms. The molecule has 0 saturated heterocycles. The number of pyridine rings is 2. The van der Waals surface area contributed by atoms with Crippen LogP contribution in [0.1, 0.15) is 18.3 Å². The Morgan fingerprint density at radius 2 is 1.60 bits per heavy atom. The van der Waals surface area contributed by atoms with Gasteiger partial charge in [-0.05, 0) is 26.0 Å². The van der Waals surface area contributed by atoms with Gasteiger partial charge in [0.25, 0.3) is 0 Å². The van der Waals surface area contributed by atoms with Gasteiger partial charge in [0.15, 0.2) is 0 Å². The SMILES string of the molecule is CC(=O)[O][Po][c]1ccccc1-c1ccccn1.Cc1cccc(C)n1. The van der Waals surface area contributed by atoms with Crippen LogP contribution in [0.4, 0.5) is 0 Å². The van der Waals surface area contributed by atoms with E-state index in [4.69, 9.17) is 2.77 Å². The zero-order valence-electron chi connectivity index (χ0n) is 14.5. The van der Waals surface area contributed by atoms with Crippen LogP contribution in [0.5, 0.6) is 0 Å². The van der Waals surface area contributed by atoms with Crippen molar-refractivity contribution in [3.63, 3.8) is 0 Å². The van der Waals surface area contributed by atoms with Gasteiger partial charge in [-0.3, -0.25) is 4.98 Å². The summed E-state index contributed by atoms with van der Waals surface area (Å²) in [4.78, 5) is 19.4. The van der Waals surface area contributed by atoms with E-state index < -0.39 is 24.0 Å². The van der Waals surface area contributed by atoms with Gasteiger partial charge in [0, 0.05) is 11.4 Å². The van der Waals surface area contributed by atoms with E-state index in [-0.39, 0.29) is 5.97 Å². The van der Waals surface area contributed by atoms with Crippen LogP contribution in [0.2, 0.25) is 0 Å². The predicted molar refractivity (Wildman–Crippen MR) is 101 cm³/mol. The van der Waals surface area contributed by atoms with Crippen molar-refractivity contribution in [3.8, 4) is 11.3 Å². The molecule has 0 N–H and O–H groups in total. The quantitative estimate of drug-likeness (QED) is 0.523. The molecule has 2 heterocycles. The van der Waals surface area contributed by atoms with E-state index in [9.17, 15) is 4.79 Å². The number of hydrogen-bond acceptors (Lipinski definition) is 4. The van der Waals surface area contributed by atoms with Crippen LogP contribution in [0.15, 0.2) is 66.9 Å². The van der Waals surface area contributed by atoms with Crippen molar-refractivity contribution in [2.45, 2.75) is 20.8 Å². The summed E-state index contributed by atoms with van der Waals surface area (Å²) < 4.78 is 6.32. The fraction of sp³-hybridized carbons (Fsp3) is 0.150. The third kappa shape index (κ3) is 6.72. The summed E-state index contributed by atoms with van der Waals surface area (Å²) in [6.45, 7) is 5.43. The van der Waals surface area contributed by atoms with Crippen molar-refractivity contribution in [2.24, 2.45) is 0 Å². The Morgan fingerprint density at radius 1 is 0.920 bits per heavy atom. The Bertz CT molecular complexity index is 805. The molecule has 1 aromatic carbocycles. The van der Waals surface area contributed by atoms with Crippen LogP contribution >= 0.6 is 0 Å². The van der Waals surface area contributed by atoms with Gasteiger partial charge >= 0.3 is 113 Å². The predicted octanol–water partition coefficient (Wildman–Crippen LogP) is 3.25. The first kappa shape index (κ1) is 19.2. The van der Waals surface area contributed by atoms with Crippen molar-refractivity contribution >= 4 is 33.2 Å². The number of hydrogen-bond donors (Lipinski definition) is 0. The molecule has 0 unspecified atom stereocenters. The summed E-state index contributed by atoms with van der Waals surface area (Å²) in [7, 11) is 0. The molecule has 4 nitrogen and oxygen atoms in total. The minimum atomic E-state index is -1.28. The number of aromatic nitrogens is 2. The monoisotopic (exact) mass is 529 g/mol. The second-order valence-electron chi connectivity index (χ2n) is 5.29. The zero-order chi connectivity index (χ0) is 18.1. The molecule has 0 aliphatic heterocycles. The molecule has 25 heavy (non-hydrogen) atoms. The first-order valence-corrected chi connectivity index (χ1v) is 10.7. The van der Waals surface area contributed by atoms with Gasteiger partial charge in [0.2, 0.25) is 0 Å². The molecular weight excluding hydrogens is 509 g/mol. The standard InChI is InChI=1S/C11H8N.C7H9N.C2H4O2.Po/c1-2-6-10(7-3-1)11-8-4-5-9-12-11;1-6-4-3-5-7(2)8-6;1-2(3)4;/h1-6,8-9H;3-5H,1-2H3;1H3,(H,3,4);/q;;;+1/p-1. The molecule has 3 rings (SSSR count). The normalized spacial score (nSPS) is 9.72. The number of rotatable bonds is 3. The molecule has 0 saturated carbocycles. The van der Waals surface area contributed by atoms with E-state index in [1.54, 1.807) is 6.20 Å². The minimum Gasteiger partial charge on any atom is -0.258 e. The molecular formula is C20H20N2O2Po. The maximum Gasteiger partial charge on any atom is 0.0375 e. The third-order valence-electron chi connectivity index (χ3n) is 3.10. The van der Waals surface area contributed by atoms with Crippen LogP contribution in [-0.2, 0) is 7.57 Å². The van der Waals surface area contributed by atoms with Crippen LogP contribution in [0.3, 0.4) is 0 Å². The molecule has 0 bridgehead atoms. The average Bonchev–Trinajstić information content (AvgIpc) is 2.61. The maximum absolute atomic E-state index is 10.9. The number of carbonyl (C=O) groups is 1. The van der Waals surface area contributed by atoms with Crippen molar-refractivity contribution in [2.75, 3.05) is 0 Å². The summed E-state index contributed by atoms with van der Waals surface area (Å²) in [5, 5.41) is 0. The maximum atomic E-state index is 10.9. The molecule has 3 aromatic rings. The van der Waals surface area contributed by atoms with Gasteiger partial charge < -0.3 is 0 Å². The summed E-state index contributed by atoms with van der Waals surface area (Å²) >= 11 is -1.28. The molecule has 2 aromatic heterocycles. The second-order valence-corrected chi connectivity index (χ2v) is 8.30. The van der Waals surface area contributed by atoms with Crippen LogP contribution in [-0.4, -0.2) is 39.9 Å². The molecule has 0 aliphatic rings. The smallest absolute Gasteiger partial charge is 0.0375 e. The van der Waals surface area contributed by atoms with Gasteiger partial charge in [-0.15, -0.1) is 0 Å². The third-order valence-corrected chi connectivity index (χ3v) is 6.42. The summed E-state index contributed by atoms with van der Waals surface area (Å²) in [5.41, 5.74) is 4.17. The van der Waals surface area contributed by atoms with E-state index in [0.29, 0.717) is 0 Å². The number of nitrogens with zero attached hydrogens (tertiary/aromatic N) is 2. The molecule has 0 fully saturated rings. The molecule has 0 atom stereocenters. The Balaban J connectivity index is 0.000000236. The molecule has 0 aliphatic carbocycles. The Hall–Kier alpha value is -2.11. The van der Waals surface area contributed by atoms with Gasteiger partial charge in [0.05, 0.1) is 0 Å². The van der Waals surface area contributed by atoms with Crippen molar-refractivity contribution in [1.29, 1.82) is 0 Å². The fourth-order valence-corrected chi connectivity index (χ4v) is 4.40. The van der Waals surface area contributed by atoms with Gasteiger partial charge in [-0.2, -0.15) is 0 Å². The number of benzene rings is 1. The van der Waals surface area contributed by atoms with E-state index in [2.05, 4.69) is 9.97 Å². The van der Waals surface area contributed by atoms with E-state index in [1.807, 2.05) is 74.5 Å². The first-order chi connectivity index (χ1) is 12.1. The topological polar surface area (TPSA) is 52.1 Å². The Kier molecular flexibility index (Phi) is 7.69. The molecule has 5 heteroatoms. The summed E-state index contributed by atoms with van der Waals surface area (Å²) in [6, 6.07) is 19.8. The van der Waals surface area contributed by atoms with E-state index in [1.165, 1.54) is 6.92 Å². The fourth-order valence-electron chi connectivity index (χ4n) is 2.06. The van der Waals surface area contributed by atoms with E-state index >= 15 is 0 Å². The first-order valence-electron chi connectivity index (χ1n) is 7.82.